The molecule has 106 valence electrons. The van der Waals surface area contributed by atoms with Gasteiger partial charge in [-0.05, 0) is 62.4 Å². The first-order chi connectivity index (χ1) is 9.63. The number of rotatable bonds is 3. The van der Waals surface area contributed by atoms with Crippen molar-refractivity contribution >= 4 is 44.6 Å². The third-order valence-corrected chi connectivity index (χ3v) is 5.97. The normalized spacial score (nSPS) is 15.8. The summed E-state index contributed by atoms with van der Waals surface area (Å²) in [4.78, 5) is 3.00. The summed E-state index contributed by atoms with van der Waals surface area (Å²) in [6, 6.07) is 8.64. The highest BCUT2D eigenvalue weighted by atomic mass is 79.9. The number of anilines is 1. The van der Waals surface area contributed by atoms with E-state index in [1.165, 1.54) is 30.6 Å². The topological polar surface area (TPSA) is 12.0 Å². The van der Waals surface area contributed by atoms with Crippen molar-refractivity contribution in [3.8, 4) is 0 Å². The van der Waals surface area contributed by atoms with Gasteiger partial charge in [0, 0.05) is 14.2 Å². The monoisotopic (exact) mass is 369 g/mol. The van der Waals surface area contributed by atoms with Crippen LogP contribution in [0.2, 0.25) is 5.02 Å². The summed E-state index contributed by atoms with van der Waals surface area (Å²) in [6.45, 7) is 2.20. The molecule has 0 amide bonds. The van der Waals surface area contributed by atoms with E-state index in [0.29, 0.717) is 6.04 Å². The molecule has 1 aromatic heterocycles. The Morgan fingerprint density at radius 1 is 1.25 bits per heavy atom. The van der Waals surface area contributed by atoms with Crippen molar-refractivity contribution < 1.29 is 0 Å². The zero-order chi connectivity index (χ0) is 14.1. The van der Waals surface area contributed by atoms with Crippen molar-refractivity contribution in [1.82, 2.24) is 0 Å². The molecular weight excluding hydrogens is 354 g/mol. The Kier molecular flexibility index (Phi) is 4.39. The molecule has 1 aromatic carbocycles. The Morgan fingerprint density at radius 2 is 2.05 bits per heavy atom. The zero-order valence-electron chi connectivity index (χ0n) is 11.4. The molecule has 4 heteroatoms. The van der Waals surface area contributed by atoms with Crippen molar-refractivity contribution in [3.63, 3.8) is 0 Å². The second-order valence-electron chi connectivity index (χ2n) is 5.29. The largest absolute Gasteiger partial charge is 0.377 e. The van der Waals surface area contributed by atoms with Crippen LogP contribution in [0.1, 0.15) is 41.1 Å². The molecule has 0 saturated carbocycles. The van der Waals surface area contributed by atoms with Crippen molar-refractivity contribution in [2.24, 2.45) is 0 Å². The highest BCUT2D eigenvalue weighted by Gasteiger charge is 2.17. The number of hydrogen-bond acceptors (Lipinski definition) is 2. The van der Waals surface area contributed by atoms with Crippen molar-refractivity contribution in [2.45, 2.75) is 38.6 Å². The molecule has 0 saturated heterocycles. The van der Waals surface area contributed by atoms with Crippen molar-refractivity contribution in [3.05, 3.63) is 49.1 Å². The zero-order valence-corrected chi connectivity index (χ0v) is 14.5. The molecule has 20 heavy (non-hydrogen) atoms. The van der Waals surface area contributed by atoms with Crippen LogP contribution in [0.4, 0.5) is 5.69 Å². The second kappa shape index (κ2) is 6.08. The standard InChI is InChI=1S/C16H17BrClNS/c1-10(19-14-7-6-12(17)9-13(14)18)16-8-11-4-2-3-5-15(11)20-16/h6-10,19H,2-5H2,1H3. The number of fused-ring (bicyclic) bond motifs is 1. The Morgan fingerprint density at radius 3 is 2.80 bits per heavy atom. The summed E-state index contributed by atoms with van der Waals surface area (Å²) >= 11 is 11.7. The van der Waals surface area contributed by atoms with Gasteiger partial charge in [-0.25, -0.2) is 0 Å². The maximum absolute atomic E-state index is 6.27. The van der Waals surface area contributed by atoms with Gasteiger partial charge in [-0.1, -0.05) is 27.5 Å². The summed E-state index contributed by atoms with van der Waals surface area (Å²) in [5, 5.41) is 4.28. The Labute approximate surface area is 137 Å². The lowest BCUT2D eigenvalue weighted by molar-refractivity contribution is 0.696. The maximum Gasteiger partial charge on any atom is 0.0648 e. The average molecular weight is 371 g/mol. The molecule has 0 aliphatic heterocycles. The van der Waals surface area contributed by atoms with E-state index in [2.05, 4.69) is 34.2 Å². The molecule has 1 heterocycles. The maximum atomic E-state index is 6.27. The predicted molar refractivity (Wildman–Crippen MR) is 92.2 cm³/mol. The van der Waals surface area contributed by atoms with Gasteiger partial charge >= 0.3 is 0 Å². The highest BCUT2D eigenvalue weighted by molar-refractivity contribution is 9.10. The number of halogens is 2. The minimum atomic E-state index is 0.296. The van der Waals surface area contributed by atoms with Gasteiger partial charge < -0.3 is 5.32 Å². The van der Waals surface area contributed by atoms with Crippen LogP contribution < -0.4 is 5.32 Å². The van der Waals surface area contributed by atoms with E-state index in [9.17, 15) is 0 Å². The molecular formula is C16H17BrClNS. The van der Waals surface area contributed by atoms with Crippen molar-refractivity contribution in [2.75, 3.05) is 5.32 Å². The highest BCUT2D eigenvalue weighted by Crippen LogP contribution is 2.35. The molecule has 0 radical (unpaired) electrons. The summed E-state index contributed by atoms with van der Waals surface area (Å²) in [5.41, 5.74) is 2.56. The first-order valence-corrected chi connectivity index (χ1v) is 8.95. The molecule has 3 rings (SSSR count). The molecule has 1 unspecified atom stereocenters. The number of aryl methyl sites for hydroxylation is 2. The Balaban J connectivity index is 1.78. The quantitative estimate of drug-likeness (QED) is 0.676. The van der Waals surface area contributed by atoms with Crippen LogP contribution in [0.25, 0.3) is 0 Å². The minimum absolute atomic E-state index is 0.296. The lowest BCUT2D eigenvalue weighted by atomic mass is 9.99. The third kappa shape index (κ3) is 3.05. The number of nitrogens with one attached hydrogen (secondary N) is 1. The molecule has 1 nitrogen and oxygen atoms in total. The summed E-state index contributed by atoms with van der Waals surface area (Å²) in [6.07, 6.45) is 5.18. The molecule has 1 N–H and O–H groups in total. The SMILES string of the molecule is CC(Nc1ccc(Br)cc1Cl)c1cc2c(s1)CCCC2. The van der Waals surface area contributed by atoms with Crippen LogP contribution in [0, 0.1) is 0 Å². The summed E-state index contributed by atoms with van der Waals surface area (Å²) in [5.74, 6) is 0. The van der Waals surface area contributed by atoms with Gasteiger partial charge in [0.2, 0.25) is 0 Å². The van der Waals surface area contributed by atoms with E-state index in [0.717, 1.165) is 15.2 Å². The van der Waals surface area contributed by atoms with Crippen LogP contribution in [0.5, 0.6) is 0 Å². The number of hydrogen-bond donors (Lipinski definition) is 1. The van der Waals surface area contributed by atoms with Crippen LogP contribution in [-0.2, 0) is 12.8 Å². The lowest BCUT2D eigenvalue weighted by Crippen LogP contribution is -2.05. The second-order valence-corrected chi connectivity index (χ2v) is 7.79. The van der Waals surface area contributed by atoms with E-state index in [-0.39, 0.29) is 0 Å². The molecule has 2 aromatic rings. The van der Waals surface area contributed by atoms with E-state index in [1.807, 2.05) is 29.5 Å². The lowest BCUT2D eigenvalue weighted by Gasteiger charge is -2.15. The first-order valence-electron chi connectivity index (χ1n) is 6.96. The van der Waals surface area contributed by atoms with Gasteiger partial charge in [-0.15, -0.1) is 11.3 Å². The third-order valence-electron chi connectivity index (χ3n) is 3.75. The molecule has 1 atom stereocenters. The van der Waals surface area contributed by atoms with Crippen molar-refractivity contribution in [1.29, 1.82) is 0 Å². The molecule has 1 aliphatic rings. The van der Waals surface area contributed by atoms with Crippen LogP contribution in [0.3, 0.4) is 0 Å². The number of thiophene rings is 1. The van der Waals surface area contributed by atoms with Gasteiger partial charge in [0.1, 0.15) is 0 Å². The van der Waals surface area contributed by atoms with E-state index in [4.69, 9.17) is 11.6 Å². The first kappa shape index (κ1) is 14.4. The number of benzene rings is 1. The Bertz CT molecular complexity index is 599. The summed E-state index contributed by atoms with van der Waals surface area (Å²) < 4.78 is 1.01. The van der Waals surface area contributed by atoms with Crippen LogP contribution in [-0.4, -0.2) is 0 Å². The van der Waals surface area contributed by atoms with Gasteiger partial charge in [0.25, 0.3) is 0 Å². The molecule has 0 fully saturated rings. The summed E-state index contributed by atoms with van der Waals surface area (Å²) in [7, 11) is 0. The molecule has 1 aliphatic carbocycles. The van der Waals surface area contributed by atoms with Crippen LogP contribution >= 0.6 is 38.9 Å². The van der Waals surface area contributed by atoms with Gasteiger partial charge in [-0.2, -0.15) is 0 Å². The smallest absolute Gasteiger partial charge is 0.0648 e. The van der Waals surface area contributed by atoms with E-state index >= 15 is 0 Å². The predicted octanol–water partition coefficient (Wildman–Crippen LogP) is 6.22. The van der Waals surface area contributed by atoms with Crippen LogP contribution in [0.15, 0.2) is 28.7 Å². The average Bonchev–Trinajstić information content (AvgIpc) is 2.86. The molecule has 0 spiro atoms. The van der Waals surface area contributed by atoms with Gasteiger partial charge in [0.05, 0.1) is 16.8 Å². The van der Waals surface area contributed by atoms with E-state index < -0.39 is 0 Å². The van der Waals surface area contributed by atoms with Gasteiger partial charge in [0.15, 0.2) is 0 Å². The minimum Gasteiger partial charge on any atom is -0.377 e. The fourth-order valence-corrected chi connectivity index (χ4v) is 4.63. The van der Waals surface area contributed by atoms with E-state index in [1.54, 1.807) is 10.4 Å². The fourth-order valence-electron chi connectivity index (χ4n) is 2.64. The Hall–Kier alpha value is -0.510. The van der Waals surface area contributed by atoms with Gasteiger partial charge in [-0.3, -0.25) is 0 Å². The fraction of sp³-hybridized carbons (Fsp3) is 0.375. The molecule has 0 bridgehead atoms.